The molecule has 0 aliphatic heterocycles. The third-order valence-electron chi connectivity index (χ3n) is 3.47. The monoisotopic (exact) mass is 285 g/mol. The minimum absolute atomic E-state index is 0.237. The quantitative estimate of drug-likeness (QED) is 0.834. The molecule has 0 saturated heterocycles. The molecule has 0 amide bonds. The topological polar surface area (TPSA) is 32.5 Å². The van der Waals surface area contributed by atoms with Gasteiger partial charge in [0.1, 0.15) is 0 Å². The zero-order chi connectivity index (χ0) is 15.3. The van der Waals surface area contributed by atoms with Crippen LogP contribution in [0.1, 0.15) is 25.5 Å². The lowest BCUT2D eigenvalue weighted by atomic mass is 10.1. The third kappa shape index (κ3) is 4.51. The summed E-state index contributed by atoms with van der Waals surface area (Å²) in [6, 6.07) is 3.92. The summed E-state index contributed by atoms with van der Waals surface area (Å²) in [4.78, 5) is 4.27. The van der Waals surface area contributed by atoms with E-state index in [9.17, 15) is 8.78 Å². The van der Waals surface area contributed by atoms with Gasteiger partial charge in [-0.2, -0.15) is 0 Å². The fourth-order valence-corrected chi connectivity index (χ4v) is 2.42. The van der Waals surface area contributed by atoms with E-state index in [0.717, 1.165) is 19.2 Å². The van der Waals surface area contributed by atoms with E-state index in [1.54, 1.807) is 6.07 Å². The Hall–Kier alpha value is -1.04. The highest BCUT2D eigenvalue weighted by Crippen LogP contribution is 2.19. The Morgan fingerprint density at radius 2 is 1.85 bits per heavy atom. The average Bonchev–Trinajstić information content (AvgIpc) is 2.37. The molecule has 2 unspecified atom stereocenters. The molecule has 5 heteroatoms. The molecule has 0 fully saturated rings. The molecule has 1 rings (SSSR count). The smallest absolute Gasteiger partial charge is 0.163 e. The van der Waals surface area contributed by atoms with Gasteiger partial charge in [0.05, 0.1) is 0 Å². The number of hydrogen-bond acceptors (Lipinski definition) is 3. The molecule has 0 aliphatic rings. The van der Waals surface area contributed by atoms with Gasteiger partial charge in [-0.15, -0.1) is 0 Å². The number of rotatable bonds is 7. The Bertz CT molecular complexity index is 424. The number of benzene rings is 1. The summed E-state index contributed by atoms with van der Waals surface area (Å²) >= 11 is 0. The van der Waals surface area contributed by atoms with Crippen LogP contribution in [0.3, 0.4) is 0 Å². The second kappa shape index (κ2) is 7.67. The van der Waals surface area contributed by atoms with Gasteiger partial charge < -0.3 is 10.6 Å². The van der Waals surface area contributed by atoms with E-state index in [2.05, 4.69) is 16.7 Å². The van der Waals surface area contributed by atoms with Gasteiger partial charge in [-0.25, -0.2) is 8.78 Å². The molecule has 0 spiro atoms. The van der Waals surface area contributed by atoms with Crippen LogP contribution in [-0.2, 0) is 0 Å². The Morgan fingerprint density at radius 3 is 2.40 bits per heavy atom. The van der Waals surface area contributed by atoms with Gasteiger partial charge in [-0.3, -0.25) is 4.90 Å². The SMILES string of the molecule is CCN(CC(N)c1cccc(F)c1F)C(C)CN(C)C. The molecule has 2 N–H and O–H groups in total. The fraction of sp³-hybridized carbons (Fsp3) is 0.600. The number of nitrogens with two attached hydrogens (primary N) is 1. The first kappa shape index (κ1) is 17.0. The summed E-state index contributed by atoms with van der Waals surface area (Å²) < 4.78 is 27.0. The summed E-state index contributed by atoms with van der Waals surface area (Å²) in [6.45, 7) is 6.37. The van der Waals surface area contributed by atoms with Crippen LogP contribution in [0, 0.1) is 11.6 Å². The lowest BCUT2D eigenvalue weighted by Crippen LogP contribution is -2.43. The van der Waals surface area contributed by atoms with Crippen LogP contribution in [0.2, 0.25) is 0 Å². The molecule has 1 aromatic rings. The van der Waals surface area contributed by atoms with Crippen molar-refractivity contribution in [1.29, 1.82) is 0 Å². The predicted octanol–water partition coefficient (Wildman–Crippen LogP) is 2.24. The molecule has 114 valence electrons. The first-order chi connectivity index (χ1) is 9.36. The van der Waals surface area contributed by atoms with Crippen molar-refractivity contribution >= 4 is 0 Å². The number of halogens is 2. The van der Waals surface area contributed by atoms with Gasteiger partial charge in [-0.1, -0.05) is 19.1 Å². The summed E-state index contributed by atoms with van der Waals surface area (Å²) in [7, 11) is 4.02. The maximum Gasteiger partial charge on any atom is 0.163 e. The van der Waals surface area contributed by atoms with Crippen LogP contribution in [0.15, 0.2) is 18.2 Å². The minimum Gasteiger partial charge on any atom is -0.323 e. The van der Waals surface area contributed by atoms with Crippen molar-refractivity contribution < 1.29 is 8.78 Å². The van der Waals surface area contributed by atoms with E-state index < -0.39 is 17.7 Å². The molecule has 20 heavy (non-hydrogen) atoms. The Labute approximate surface area is 120 Å². The lowest BCUT2D eigenvalue weighted by molar-refractivity contribution is 0.171. The molecular weight excluding hydrogens is 260 g/mol. The Morgan fingerprint density at radius 1 is 1.20 bits per heavy atom. The molecule has 2 atom stereocenters. The summed E-state index contributed by atoms with van der Waals surface area (Å²) in [6.07, 6.45) is 0. The molecule has 0 radical (unpaired) electrons. The van der Waals surface area contributed by atoms with Gasteiger partial charge in [0.2, 0.25) is 0 Å². The van der Waals surface area contributed by atoms with E-state index in [4.69, 9.17) is 5.73 Å². The summed E-state index contributed by atoms with van der Waals surface area (Å²) in [5.41, 5.74) is 6.28. The minimum atomic E-state index is -0.845. The number of nitrogens with zero attached hydrogens (tertiary/aromatic N) is 2. The van der Waals surface area contributed by atoms with Crippen molar-refractivity contribution in [2.24, 2.45) is 5.73 Å². The second-order valence-electron chi connectivity index (χ2n) is 5.45. The fourth-order valence-electron chi connectivity index (χ4n) is 2.42. The molecular formula is C15H25F2N3. The molecule has 0 aromatic heterocycles. The molecule has 0 aliphatic carbocycles. The van der Waals surface area contributed by atoms with E-state index in [-0.39, 0.29) is 5.56 Å². The zero-order valence-corrected chi connectivity index (χ0v) is 12.7. The van der Waals surface area contributed by atoms with Crippen molar-refractivity contribution in [3.8, 4) is 0 Å². The van der Waals surface area contributed by atoms with Gasteiger partial charge in [-0.05, 0) is 33.6 Å². The Kier molecular flexibility index (Phi) is 6.52. The van der Waals surface area contributed by atoms with Crippen molar-refractivity contribution in [2.75, 3.05) is 33.7 Å². The lowest BCUT2D eigenvalue weighted by Gasteiger charge is -2.32. The standard InChI is InChI=1S/C15H25F2N3/c1-5-20(11(2)9-19(3)4)10-14(18)12-7-6-8-13(16)15(12)17/h6-8,11,14H,5,9-10,18H2,1-4H3. The zero-order valence-electron chi connectivity index (χ0n) is 12.7. The Balaban J connectivity index is 2.76. The normalized spacial score (nSPS) is 14.8. The van der Waals surface area contributed by atoms with Gasteiger partial charge in [0.15, 0.2) is 11.6 Å². The second-order valence-corrected chi connectivity index (χ2v) is 5.45. The van der Waals surface area contributed by atoms with Crippen LogP contribution in [0.4, 0.5) is 8.78 Å². The number of hydrogen-bond donors (Lipinski definition) is 1. The third-order valence-corrected chi connectivity index (χ3v) is 3.47. The van der Waals surface area contributed by atoms with Crippen molar-refractivity contribution in [2.45, 2.75) is 25.9 Å². The summed E-state index contributed by atoms with van der Waals surface area (Å²) in [5.74, 6) is -1.68. The van der Waals surface area contributed by atoms with Crippen molar-refractivity contribution in [3.05, 3.63) is 35.4 Å². The molecule has 0 heterocycles. The van der Waals surface area contributed by atoms with Crippen LogP contribution in [-0.4, -0.2) is 49.6 Å². The van der Waals surface area contributed by atoms with E-state index in [1.165, 1.54) is 6.07 Å². The van der Waals surface area contributed by atoms with E-state index >= 15 is 0 Å². The molecule has 3 nitrogen and oxygen atoms in total. The first-order valence-corrected chi connectivity index (χ1v) is 6.95. The largest absolute Gasteiger partial charge is 0.323 e. The van der Waals surface area contributed by atoms with E-state index in [0.29, 0.717) is 12.6 Å². The van der Waals surface area contributed by atoms with Crippen molar-refractivity contribution in [3.63, 3.8) is 0 Å². The number of likely N-dealkylation sites (N-methyl/N-ethyl adjacent to an activating group) is 2. The van der Waals surface area contributed by atoms with Crippen LogP contribution < -0.4 is 5.73 Å². The van der Waals surface area contributed by atoms with Crippen molar-refractivity contribution in [1.82, 2.24) is 9.80 Å². The first-order valence-electron chi connectivity index (χ1n) is 6.95. The highest BCUT2D eigenvalue weighted by atomic mass is 19.2. The maximum absolute atomic E-state index is 13.7. The highest BCUT2D eigenvalue weighted by molar-refractivity contribution is 5.22. The predicted molar refractivity (Wildman–Crippen MR) is 78.5 cm³/mol. The van der Waals surface area contributed by atoms with Crippen LogP contribution in [0.5, 0.6) is 0 Å². The maximum atomic E-state index is 13.7. The molecule has 1 aromatic carbocycles. The van der Waals surface area contributed by atoms with Crippen LogP contribution >= 0.6 is 0 Å². The molecule has 0 bridgehead atoms. The molecule has 0 saturated carbocycles. The van der Waals surface area contributed by atoms with Gasteiger partial charge in [0, 0.05) is 30.7 Å². The van der Waals surface area contributed by atoms with Gasteiger partial charge >= 0.3 is 0 Å². The highest BCUT2D eigenvalue weighted by Gasteiger charge is 2.20. The van der Waals surface area contributed by atoms with Gasteiger partial charge in [0.25, 0.3) is 0 Å². The van der Waals surface area contributed by atoms with Crippen LogP contribution in [0.25, 0.3) is 0 Å². The summed E-state index contributed by atoms with van der Waals surface area (Å²) in [5, 5.41) is 0. The van der Waals surface area contributed by atoms with E-state index in [1.807, 2.05) is 21.0 Å². The average molecular weight is 285 g/mol.